The Bertz CT molecular complexity index is 1850. The highest BCUT2D eigenvalue weighted by Gasteiger charge is 2.42. The van der Waals surface area contributed by atoms with E-state index in [0.717, 1.165) is 24.3 Å². The van der Waals surface area contributed by atoms with E-state index in [4.69, 9.17) is 9.47 Å². The van der Waals surface area contributed by atoms with E-state index in [-0.39, 0.29) is 5.56 Å². The van der Waals surface area contributed by atoms with E-state index in [9.17, 15) is 55.4 Å². The van der Waals surface area contributed by atoms with Gasteiger partial charge < -0.3 is 14.6 Å². The molecule has 0 spiro atoms. The second-order valence-corrected chi connectivity index (χ2v) is 9.62. The zero-order valence-corrected chi connectivity index (χ0v) is 23.4. The average Bonchev–Trinajstić information content (AvgIpc) is 3.03. The fourth-order valence-corrected chi connectivity index (χ4v) is 4.19. The molecular weight excluding hydrogens is 642 g/mol. The van der Waals surface area contributed by atoms with Crippen LogP contribution in [0.5, 0.6) is 0 Å². The summed E-state index contributed by atoms with van der Waals surface area (Å²) in [7, 11) is 0. The Morgan fingerprint density at radius 1 is 0.617 bits per heavy atom. The van der Waals surface area contributed by atoms with Gasteiger partial charge in [0, 0.05) is 5.56 Å². The molecule has 4 aromatic carbocycles. The number of alkyl halides is 6. The van der Waals surface area contributed by atoms with Gasteiger partial charge in [-0.2, -0.15) is 26.3 Å². The van der Waals surface area contributed by atoms with Crippen molar-refractivity contribution in [2.24, 2.45) is 0 Å². The first kappa shape index (κ1) is 34.0. The van der Waals surface area contributed by atoms with Gasteiger partial charge in [-0.15, -0.1) is 0 Å². The number of rotatable bonds is 8. The molecular formula is C31H20F6N2O8. The fraction of sp³-hybridized carbons (Fsp3) is 0.129. The number of benzene rings is 4. The van der Waals surface area contributed by atoms with Gasteiger partial charge in [-0.1, -0.05) is 48.5 Å². The summed E-state index contributed by atoms with van der Waals surface area (Å²) in [6, 6.07) is 16.4. The third kappa shape index (κ3) is 8.22. The summed E-state index contributed by atoms with van der Waals surface area (Å²) in [4.78, 5) is 63.9. The van der Waals surface area contributed by atoms with Crippen LogP contribution in [0.15, 0.2) is 91.0 Å². The number of aliphatic carboxylic acids is 1. The third-order valence-electron chi connectivity index (χ3n) is 6.43. The third-order valence-corrected chi connectivity index (χ3v) is 6.43. The van der Waals surface area contributed by atoms with Crippen LogP contribution in [0.2, 0.25) is 0 Å². The molecule has 0 aliphatic carbocycles. The molecule has 0 fully saturated rings. The summed E-state index contributed by atoms with van der Waals surface area (Å²) in [6.07, 6.45) is -15.3. The lowest BCUT2D eigenvalue weighted by Gasteiger charge is -2.24. The van der Waals surface area contributed by atoms with Crippen molar-refractivity contribution in [3.63, 3.8) is 0 Å². The maximum atomic E-state index is 13.2. The van der Waals surface area contributed by atoms with Crippen LogP contribution >= 0.6 is 0 Å². The number of ether oxygens (including phenoxy) is 2. The molecule has 4 rings (SSSR count). The number of carbonyl (C=O) groups excluding carboxylic acids is 4. The van der Waals surface area contributed by atoms with Crippen LogP contribution < -0.4 is 10.9 Å². The zero-order valence-electron chi connectivity index (χ0n) is 23.4. The molecule has 0 heterocycles. The number of hydrogen-bond acceptors (Lipinski definition) is 7. The molecule has 47 heavy (non-hydrogen) atoms. The number of hydrogen-bond donors (Lipinski definition) is 3. The average molecular weight is 662 g/mol. The van der Waals surface area contributed by atoms with Crippen LogP contribution in [0.25, 0.3) is 10.8 Å². The maximum absolute atomic E-state index is 13.2. The van der Waals surface area contributed by atoms with E-state index in [1.54, 1.807) is 30.3 Å². The Morgan fingerprint density at radius 3 is 1.64 bits per heavy atom. The summed E-state index contributed by atoms with van der Waals surface area (Å²) >= 11 is 0. The van der Waals surface area contributed by atoms with Gasteiger partial charge in [0.15, 0.2) is 0 Å². The number of halogens is 6. The largest absolute Gasteiger partial charge is 0.478 e. The van der Waals surface area contributed by atoms with Crippen LogP contribution in [0.4, 0.5) is 26.3 Å². The number of carbonyl (C=O) groups is 5. The van der Waals surface area contributed by atoms with Crippen molar-refractivity contribution in [1.82, 2.24) is 10.9 Å². The standard InChI is InChI=1S/C31H20F6N2O8/c32-30(33,34)19-10-3-8-17(14-19)28(44)46-23(24(27(42)43)47-29(45)18-9-4-11-20(15-18)31(35,36)37)26(41)39-38-25(40)22-13-5-7-16-6-1-2-12-21(16)22/h1-15,23-24H,(H,38,40)(H,39,41)(H,42,43)/t23-,24-/m0/s1. The predicted molar refractivity (Wildman–Crippen MR) is 148 cm³/mol. The van der Waals surface area contributed by atoms with Gasteiger partial charge in [-0.25, -0.2) is 14.4 Å². The van der Waals surface area contributed by atoms with E-state index in [1.165, 1.54) is 12.1 Å². The first-order valence-corrected chi connectivity index (χ1v) is 13.1. The van der Waals surface area contributed by atoms with Crippen LogP contribution in [-0.2, 0) is 31.4 Å². The molecule has 4 aromatic rings. The van der Waals surface area contributed by atoms with E-state index < -0.39 is 76.5 Å². The molecule has 0 aromatic heterocycles. The van der Waals surface area contributed by atoms with Crippen molar-refractivity contribution >= 4 is 40.5 Å². The van der Waals surface area contributed by atoms with Gasteiger partial charge in [0.2, 0.25) is 12.2 Å². The zero-order chi connectivity index (χ0) is 34.5. The molecule has 0 aliphatic heterocycles. The van der Waals surface area contributed by atoms with Crippen molar-refractivity contribution in [2.75, 3.05) is 0 Å². The van der Waals surface area contributed by atoms with E-state index in [2.05, 4.69) is 0 Å². The summed E-state index contributed by atoms with van der Waals surface area (Å²) in [6.45, 7) is 0. The molecule has 16 heteroatoms. The first-order valence-electron chi connectivity index (χ1n) is 13.1. The maximum Gasteiger partial charge on any atom is 0.416 e. The Balaban J connectivity index is 1.64. The normalized spacial score (nSPS) is 12.8. The molecule has 10 nitrogen and oxygen atoms in total. The predicted octanol–water partition coefficient (Wildman–Crippen LogP) is 5.17. The fourth-order valence-electron chi connectivity index (χ4n) is 4.19. The minimum atomic E-state index is -4.91. The molecule has 0 radical (unpaired) electrons. The van der Waals surface area contributed by atoms with Gasteiger partial charge >= 0.3 is 30.3 Å². The van der Waals surface area contributed by atoms with E-state index in [1.807, 2.05) is 10.9 Å². The summed E-state index contributed by atoms with van der Waals surface area (Å²) < 4.78 is 88.8. The highest BCUT2D eigenvalue weighted by molar-refractivity contribution is 6.07. The Kier molecular flexibility index (Phi) is 9.82. The lowest BCUT2D eigenvalue weighted by atomic mass is 10.0. The van der Waals surface area contributed by atoms with Gasteiger partial charge in [-0.05, 0) is 53.2 Å². The number of nitrogens with one attached hydrogen (secondary N) is 2. The van der Waals surface area contributed by atoms with Crippen LogP contribution in [-0.4, -0.2) is 47.0 Å². The molecule has 0 saturated heterocycles. The smallest absolute Gasteiger partial charge is 0.416 e. The van der Waals surface area contributed by atoms with Gasteiger partial charge in [0.05, 0.1) is 22.3 Å². The minimum absolute atomic E-state index is 0.0340. The second kappa shape index (κ2) is 13.6. The molecule has 2 atom stereocenters. The van der Waals surface area contributed by atoms with Gasteiger partial charge in [0.25, 0.3) is 11.8 Å². The number of amides is 2. The highest BCUT2D eigenvalue weighted by atomic mass is 19.4. The van der Waals surface area contributed by atoms with Gasteiger partial charge in [-0.3, -0.25) is 20.4 Å². The molecule has 0 bridgehead atoms. The quantitative estimate of drug-likeness (QED) is 0.133. The Hall–Kier alpha value is -5.93. The number of carboxylic acid groups (broad SMARTS) is 1. The SMILES string of the molecule is O=C(O[C@H](C(=O)O)[C@H](OC(=O)c1cccc(C(F)(F)F)c1)C(=O)NNC(=O)c1cccc2ccccc12)c1cccc(C(F)(F)F)c1. The molecule has 244 valence electrons. The highest BCUT2D eigenvalue weighted by Crippen LogP contribution is 2.31. The van der Waals surface area contributed by atoms with Crippen LogP contribution in [0, 0.1) is 0 Å². The van der Waals surface area contributed by atoms with Crippen molar-refractivity contribution < 1.29 is 64.9 Å². The first-order chi connectivity index (χ1) is 22.1. The number of hydrazine groups is 1. The lowest BCUT2D eigenvalue weighted by Crippen LogP contribution is -2.54. The lowest BCUT2D eigenvalue weighted by molar-refractivity contribution is -0.159. The molecule has 2 amide bonds. The second-order valence-electron chi connectivity index (χ2n) is 9.62. The van der Waals surface area contributed by atoms with Crippen molar-refractivity contribution in [3.05, 3.63) is 119 Å². The summed E-state index contributed by atoms with van der Waals surface area (Å²) in [5, 5.41) is 10.9. The molecule has 0 unspecified atom stereocenters. The molecule has 3 N–H and O–H groups in total. The van der Waals surface area contributed by atoms with Crippen molar-refractivity contribution in [1.29, 1.82) is 0 Å². The minimum Gasteiger partial charge on any atom is -0.478 e. The number of esters is 2. The summed E-state index contributed by atoms with van der Waals surface area (Å²) in [5.74, 6) is -8.11. The van der Waals surface area contributed by atoms with E-state index >= 15 is 0 Å². The number of fused-ring (bicyclic) bond motifs is 1. The topological polar surface area (TPSA) is 148 Å². The summed E-state index contributed by atoms with van der Waals surface area (Å²) in [5.41, 5.74) is -0.387. The van der Waals surface area contributed by atoms with Gasteiger partial charge in [0.1, 0.15) is 0 Å². The van der Waals surface area contributed by atoms with Crippen molar-refractivity contribution in [2.45, 2.75) is 24.6 Å². The molecule has 0 saturated carbocycles. The number of carboxylic acids is 1. The Morgan fingerprint density at radius 2 is 1.11 bits per heavy atom. The van der Waals surface area contributed by atoms with E-state index in [0.29, 0.717) is 35.0 Å². The van der Waals surface area contributed by atoms with Crippen LogP contribution in [0.1, 0.15) is 42.2 Å². The van der Waals surface area contributed by atoms with Crippen molar-refractivity contribution in [3.8, 4) is 0 Å². The monoisotopic (exact) mass is 662 g/mol. The Labute approximate surface area is 259 Å². The van der Waals surface area contributed by atoms with Crippen LogP contribution in [0.3, 0.4) is 0 Å². The molecule has 0 aliphatic rings.